The number of Topliss-reactive ketones (excluding diaryl/α,β-unsaturated/α-hetero) is 1. The number of nitrogens with zero attached hydrogens (tertiary/aromatic N) is 2. The topological polar surface area (TPSA) is 57.2 Å². The smallest absolute Gasteiger partial charge is 0.240 e. The number of hydrogen-bond acceptors (Lipinski definition) is 4. The Morgan fingerprint density at radius 2 is 2.36 bits per heavy atom. The molecule has 0 amide bonds. The Morgan fingerprint density at radius 3 is 2.79 bits per heavy atom. The van der Waals surface area contributed by atoms with Gasteiger partial charge in [-0.1, -0.05) is 0 Å². The molecule has 0 aromatic carbocycles. The minimum atomic E-state index is -0.397. The summed E-state index contributed by atoms with van der Waals surface area (Å²) >= 11 is 0. The van der Waals surface area contributed by atoms with E-state index in [0.717, 1.165) is 0 Å². The first-order valence-corrected chi connectivity index (χ1v) is 4.01. The summed E-state index contributed by atoms with van der Waals surface area (Å²) in [4.78, 5) is 13.2. The van der Waals surface area contributed by atoms with E-state index in [9.17, 15) is 4.79 Å². The molecule has 14 heavy (non-hydrogen) atoms. The Labute approximate surface area is 82.0 Å². The maximum absolute atomic E-state index is 11.6. The third-order valence-corrected chi connectivity index (χ3v) is 1.50. The highest BCUT2D eigenvalue weighted by Crippen LogP contribution is 2.08. The van der Waals surface area contributed by atoms with E-state index in [-0.39, 0.29) is 11.3 Å². The molecule has 72 valence electrons. The van der Waals surface area contributed by atoms with Crippen LogP contribution < -0.4 is 0 Å². The van der Waals surface area contributed by atoms with Gasteiger partial charge in [0.25, 0.3) is 0 Å². The third kappa shape index (κ3) is 2.23. The monoisotopic (exact) mass is 190 g/mol. The second-order valence-corrected chi connectivity index (χ2v) is 2.92. The molecule has 4 heteroatoms. The van der Waals surface area contributed by atoms with Crippen molar-refractivity contribution >= 4 is 5.78 Å². The fourth-order valence-electron chi connectivity index (χ4n) is 0.937. The molecule has 0 N–H and O–H groups in total. The molecule has 0 unspecified atom stereocenters. The Kier molecular flexibility index (Phi) is 3.08. The SMILES string of the molecule is CN(C)/C=C(/C#N)C(=O)c1ccco1. The molecule has 1 aromatic heterocycles. The van der Waals surface area contributed by atoms with Gasteiger partial charge >= 0.3 is 0 Å². The number of carbonyl (C=O) groups excluding carboxylic acids is 1. The minimum Gasteiger partial charge on any atom is -0.461 e. The van der Waals surface area contributed by atoms with Gasteiger partial charge in [-0.3, -0.25) is 4.79 Å². The largest absolute Gasteiger partial charge is 0.461 e. The summed E-state index contributed by atoms with van der Waals surface area (Å²) in [6, 6.07) is 4.97. The third-order valence-electron chi connectivity index (χ3n) is 1.50. The van der Waals surface area contributed by atoms with Crippen LogP contribution in [0.4, 0.5) is 0 Å². The predicted molar refractivity (Wildman–Crippen MR) is 50.4 cm³/mol. The molecule has 0 radical (unpaired) electrons. The van der Waals surface area contributed by atoms with Crippen LogP contribution in [0.2, 0.25) is 0 Å². The van der Waals surface area contributed by atoms with Gasteiger partial charge in [-0.25, -0.2) is 0 Å². The zero-order valence-corrected chi connectivity index (χ0v) is 8.02. The molecule has 0 aliphatic rings. The van der Waals surface area contributed by atoms with Crippen LogP contribution in [-0.4, -0.2) is 24.8 Å². The molecule has 0 atom stereocenters. The van der Waals surface area contributed by atoms with Crippen molar-refractivity contribution in [2.45, 2.75) is 0 Å². The fraction of sp³-hybridized carbons (Fsp3) is 0.200. The number of rotatable bonds is 3. The van der Waals surface area contributed by atoms with Crippen molar-refractivity contribution < 1.29 is 9.21 Å². The number of hydrogen-bond donors (Lipinski definition) is 0. The van der Waals surface area contributed by atoms with Gasteiger partial charge in [0, 0.05) is 20.3 Å². The Morgan fingerprint density at radius 1 is 1.64 bits per heavy atom. The molecule has 0 saturated carbocycles. The summed E-state index contributed by atoms with van der Waals surface area (Å²) in [6.07, 6.45) is 2.86. The highest BCUT2D eigenvalue weighted by atomic mass is 16.3. The van der Waals surface area contributed by atoms with Crippen molar-refractivity contribution in [3.63, 3.8) is 0 Å². The Balaban J connectivity index is 2.94. The first kappa shape index (κ1) is 10.1. The number of ketones is 1. The zero-order chi connectivity index (χ0) is 10.6. The second kappa shape index (κ2) is 4.28. The van der Waals surface area contributed by atoms with Crippen molar-refractivity contribution in [2.24, 2.45) is 0 Å². The summed E-state index contributed by atoms with van der Waals surface area (Å²) in [6.45, 7) is 0. The van der Waals surface area contributed by atoms with E-state index < -0.39 is 5.78 Å². The van der Waals surface area contributed by atoms with Crippen molar-refractivity contribution in [3.05, 3.63) is 35.9 Å². The van der Waals surface area contributed by atoms with Gasteiger partial charge in [0.1, 0.15) is 11.6 Å². The van der Waals surface area contributed by atoms with Gasteiger partial charge in [-0.2, -0.15) is 5.26 Å². The van der Waals surface area contributed by atoms with Crippen molar-refractivity contribution in [1.29, 1.82) is 5.26 Å². The standard InChI is InChI=1S/C10H10N2O2/c1-12(2)7-8(6-11)10(13)9-4-3-5-14-9/h3-5,7H,1-2H3/b8-7-. The van der Waals surface area contributed by atoms with E-state index in [1.807, 2.05) is 6.07 Å². The molecular weight excluding hydrogens is 180 g/mol. The predicted octanol–water partition coefficient (Wildman–Crippen LogP) is 1.43. The average Bonchev–Trinajstić information content (AvgIpc) is 2.65. The van der Waals surface area contributed by atoms with Crippen LogP contribution in [0.3, 0.4) is 0 Å². The summed E-state index contributed by atoms with van der Waals surface area (Å²) in [5.74, 6) is -0.217. The van der Waals surface area contributed by atoms with Crippen LogP contribution in [-0.2, 0) is 0 Å². The molecule has 0 bridgehead atoms. The molecular formula is C10H10N2O2. The van der Waals surface area contributed by atoms with Crippen molar-refractivity contribution in [1.82, 2.24) is 4.90 Å². The molecule has 0 fully saturated rings. The van der Waals surface area contributed by atoms with Crippen LogP contribution >= 0.6 is 0 Å². The van der Waals surface area contributed by atoms with E-state index in [1.165, 1.54) is 18.5 Å². The molecule has 0 aliphatic carbocycles. The quantitative estimate of drug-likeness (QED) is 0.411. The van der Waals surface area contributed by atoms with E-state index in [1.54, 1.807) is 25.1 Å². The molecule has 1 aromatic rings. The van der Waals surface area contributed by atoms with Crippen LogP contribution in [0, 0.1) is 11.3 Å². The number of nitriles is 1. The molecule has 4 nitrogen and oxygen atoms in total. The lowest BCUT2D eigenvalue weighted by Gasteiger charge is -2.04. The first-order valence-electron chi connectivity index (χ1n) is 4.01. The molecule has 0 saturated heterocycles. The fourth-order valence-corrected chi connectivity index (χ4v) is 0.937. The lowest BCUT2D eigenvalue weighted by Crippen LogP contribution is -2.08. The van der Waals surface area contributed by atoms with Gasteiger partial charge < -0.3 is 9.32 Å². The first-order chi connectivity index (χ1) is 6.65. The Hall–Kier alpha value is -2.02. The van der Waals surface area contributed by atoms with E-state index >= 15 is 0 Å². The van der Waals surface area contributed by atoms with Gasteiger partial charge in [0.15, 0.2) is 5.76 Å². The lowest BCUT2D eigenvalue weighted by molar-refractivity contribution is 0.101. The van der Waals surface area contributed by atoms with Gasteiger partial charge in [0.2, 0.25) is 5.78 Å². The molecule has 1 heterocycles. The molecule has 0 spiro atoms. The van der Waals surface area contributed by atoms with Gasteiger partial charge in [-0.15, -0.1) is 0 Å². The summed E-state index contributed by atoms with van der Waals surface area (Å²) in [5.41, 5.74) is 0.0601. The summed E-state index contributed by atoms with van der Waals surface area (Å²) in [5, 5.41) is 8.74. The number of furan rings is 1. The van der Waals surface area contributed by atoms with Crippen LogP contribution in [0.15, 0.2) is 34.6 Å². The van der Waals surface area contributed by atoms with Crippen molar-refractivity contribution in [3.8, 4) is 6.07 Å². The number of carbonyl (C=O) groups is 1. The molecule has 0 aliphatic heterocycles. The van der Waals surface area contributed by atoms with E-state index in [2.05, 4.69) is 0 Å². The van der Waals surface area contributed by atoms with Crippen molar-refractivity contribution in [2.75, 3.05) is 14.1 Å². The highest BCUT2D eigenvalue weighted by Gasteiger charge is 2.14. The molecule has 1 rings (SSSR count). The second-order valence-electron chi connectivity index (χ2n) is 2.92. The summed E-state index contributed by atoms with van der Waals surface area (Å²) in [7, 11) is 3.49. The average molecular weight is 190 g/mol. The Bertz CT molecular complexity index is 383. The highest BCUT2D eigenvalue weighted by molar-refractivity contribution is 6.09. The maximum atomic E-state index is 11.6. The zero-order valence-electron chi connectivity index (χ0n) is 8.02. The van der Waals surface area contributed by atoms with E-state index in [0.29, 0.717) is 0 Å². The van der Waals surface area contributed by atoms with Crippen LogP contribution in [0.25, 0.3) is 0 Å². The summed E-state index contributed by atoms with van der Waals surface area (Å²) < 4.78 is 4.90. The lowest BCUT2D eigenvalue weighted by atomic mass is 10.1. The minimum absolute atomic E-state index is 0.0601. The van der Waals surface area contributed by atoms with Gasteiger partial charge in [-0.05, 0) is 12.1 Å². The normalized spacial score (nSPS) is 10.8. The van der Waals surface area contributed by atoms with Gasteiger partial charge in [0.05, 0.1) is 6.26 Å². The number of allylic oxidation sites excluding steroid dienone is 1. The van der Waals surface area contributed by atoms with Crippen LogP contribution in [0.5, 0.6) is 0 Å². The van der Waals surface area contributed by atoms with Crippen LogP contribution in [0.1, 0.15) is 10.6 Å². The maximum Gasteiger partial charge on any atom is 0.240 e. The van der Waals surface area contributed by atoms with E-state index in [4.69, 9.17) is 9.68 Å².